The van der Waals surface area contributed by atoms with E-state index in [-0.39, 0.29) is 23.3 Å². The lowest BCUT2D eigenvalue weighted by atomic mass is 9.84. The van der Waals surface area contributed by atoms with Crippen molar-refractivity contribution in [1.29, 1.82) is 0 Å². The molecule has 3 aromatic carbocycles. The summed E-state index contributed by atoms with van der Waals surface area (Å²) in [5, 5.41) is 0. The van der Waals surface area contributed by atoms with E-state index in [0.717, 1.165) is 23.6 Å². The Hall–Kier alpha value is -2.88. The van der Waals surface area contributed by atoms with Crippen LogP contribution in [0.5, 0.6) is 0 Å². The van der Waals surface area contributed by atoms with Crippen molar-refractivity contribution < 1.29 is 18.0 Å². The van der Waals surface area contributed by atoms with E-state index < -0.39 is 17.5 Å². The minimum absolute atomic E-state index is 0.000572. The number of carbonyl (C=O) groups is 1. The van der Waals surface area contributed by atoms with Gasteiger partial charge in [0.15, 0.2) is 5.78 Å². The fourth-order valence-electron chi connectivity index (χ4n) is 4.24. The molecule has 0 saturated carbocycles. The zero-order chi connectivity index (χ0) is 23.5. The van der Waals surface area contributed by atoms with Gasteiger partial charge in [-0.15, -0.1) is 0 Å². The van der Waals surface area contributed by atoms with Crippen LogP contribution >= 0.6 is 0 Å². The monoisotopic (exact) mass is 438 g/mol. The van der Waals surface area contributed by atoms with Crippen LogP contribution in [-0.2, 0) is 6.18 Å². The number of carbonyl (C=O) groups excluding carboxylic acids is 1. The molecule has 0 heterocycles. The molecule has 2 atom stereocenters. The minimum Gasteiger partial charge on any atom is -0.289 e. The fraction of sp³-hybridized carbons (Fsp3) is 0.321. The largest absolute Gasteiger partial charge is 0.417 e. The average Bonchev–Trinajstić information content (AvgIpc) is 2.78. The molecule has 4 heteroatoms. The maximum absolute atomic E-state index is 13.8. The van der Waals surface area contributed by atoms with Crippen LogP contribution < -0.4 is 0 Å². The Labute approximate surface area is 188 Å². The highest BCUT2D eigenvalue weighted by Gasteiger charge is 2.36. The third kappa shape index (κ3) is 5.29. The summed E-state index contributed by atoms with van der Waals surface area (Å²) in [5.41, 5.74) is 1.85. The molecule has 2 unspecified atom stereocenters. The van der Waals surface area contributed by atoms with E-state index in [1.54, 1.807) is 24.3 Å². The van der Waals surface area contributed by atoms with Gasteiger partial charge >= 0.3 is 6.18 Å². The third-order valence-corrected chi connectivity index (χ3v) is 6.07. The number of hydrogen-bond acceptors (Lipinski definition) is 1. The molecule has 0 aliphatic heterocycles. The average molecular weight is 439 g/mol. The number of ketones is 1. The molecule has 0 radical (unpaired) electrons. The van der Waals surface area contributed by atoms with Crippen LogP contribution in [0.15, 0.2) is 72.8 Å². The maximum atomic E-state index is 13.8. The second kappa shape index (κ2) is 9.72. The Bertz CT molecular complexity index is 1070. The van der Waals surface area contributed by atoms with E-state index in [9.17, 15) is 18.0 Å². The second-order valence-electron chi connectivity index (χ2n) is 8.82. The van der Waals surface area contributed by atoms with Crippen molar-refractivity contribution >= 4 is 5.78 Å². The molecular formula is C28H29F3O. The van der Waals surface area contributed by atoms with Crippen LogP contribution in [-0.4, -0.2) is 5.78 Å². The number of alkyl halides is 3. The van der Waals surface area contributed by atoms with E-state index in [4.69, 9.17) is 0 Å². The quantitative estimate of drug-likeness (QED) is 0.339. The molecule has 0 spiro atoms. The number of hydrogen-bond donors (Lipinski definition) is 0. The SMILES string of the molecule is CC(C)c1ccccc1C(=O)c1cc(C(C)CC(C)c2ccccc2)ccc1C(F)(F)F. The summed E-state index contributed by atoms with van der Waals surface area (Å²) in [6.07, 6.45) is -3.83. The minimum atomic E-state index is -4.60. The normalized spacial score (nSPS) is 13.8. The Balaban J connectivity index is 2.00. The summed E-state index contributed by atoms with van der Waals surface area (Å²) in [4.78, 5) is 13.4. The van der Waals surface area contributed by atoms with Gasteiger partial charge in [-0.05, 0) is 53.0 Å². The van der Waals surface area contributed by atoms with Crippen LogP contribution in [0.25, 0.3) is 0 Å². The molecule has 0 fully saturated rings. The highest BCUT2D eigenvalue weighted by atomic mass is 19.4. The topological polar surface area (TPSA) is 17.1 Å². The first-order valence-electron chi connectivity index (χ1n) is 11.0. The van der Waals surface area contributed by atoms with Crippen LogP contribution in [0, 0.1) is 0 Å². The molecule has 0 aliphatic rings. The highest BCUT2D eigenvalue weighted by Crippen LogP contribution is 2.37. The molecule has 3 rings (SSSR count). The van der Waals surface area contributed by atoms with Gasteiger partial charge in [0.25, 0.3) is 0 Å². The zero-order valence-corrected chi connectivity index (χ0v) is 18.9. The molecule has 0 saturated heterocycles. The van der Waals surface area contributed by atoms with Crippen molar-refractivity contribution in [1.82, 2.24) is 0 Å². The summed E-state index contributed by atoms with van der Waals surface area (Å²) < 4.78 is 41.4. The first-order chi connectivity index (χ1) is 15.1. The molecule has 168 valence electrons. The lowest BCUT2D eigenvalue weighted by Crippen LogP contribution is -2.16. The molecule has 3 aromatic rings. The van der Waals surface area contributed by atoms with Gasteiger partial charge in [-0.2, -0.15) is 13.2 Å². The summed E-state index contributed by atoms with van der Waals surface area (Å²) in [7, 11) is 0. The lowest BCUT2D eigenvalue weighted by molar-refractivity contribution is -0.137. The molecular weight excluding hydrogens is 409 g/mol. The van der Waals surface area contributed by atoms with Gasteiger partial charge in [0, 0.05) is 11.1 Å². The molecule has 0 bridgehead atoms. The molecule has 0 aromatic heterocycles. The number of rotatable bonds is 7. The summed E-state index contributed by atoms with van der Waals surface area (Å²) in [6, 6.07) is 21.0. The molecule has 0 N–H and O–H groups in total. The predicted molar refractivity (Wildman–Crippen MR) is 123 cm³/mol. The second-order valence-corrected chi connectivity index (χ2v) is 8.82. The van der Waals surface area contributed by atoms with Crippen molar-refractivity contribution in [2.24, 2.45) is 0 Å². The van der Waals surface area contributed by atoms with Crippen LogP contribution in [0.4, 0.5) is 13.2 Å². The van der Waals surface area contributed by atoms with E-state index in [0.29, 0.717) is 5.56 Å². The maximum Gasteiger partial charge on any atom is 0.417 e. The Morgan fingerprint density at radius 2 is 1.34 bits per heavy atom. The highest BCUT2D eigenvalue weighted by molar-refractivity contribution is 6.11. The standard InChI is InChI=1S/C28H29F3O/c1-18(2)23-12-8-9-13-24(23)27(32)25-17-22(14-15-26(25)28(29,30)31)20(4)16-19(3)21-10-6-5-7-11-21/h5-15,17-20H,16H2,1-4H3. The summed E-state index contributed by atoms with van der Waals surface area (Å²) >= 11 is 0. The Kier molecular flexibility index (Phi) is 7.22. The van der Waals surface area contributed by atoms with Crippen molar-refractivity contribution in [2.75, 3.05) is 0 Å². The van der Waals surface area contributed by atoms with Gasteiger partial charge in [0.2, 0.25) is 0 Å². The van der Waals surface area contributed by atoms with Crippen LogP contribution in [0.3, 0.4) is 0 Å². The van der Waals surface area contributed by atoms with Crippen molar-refractivity contribution in [3.8, 4) is 0 Å². The number of benzene rings is 3. The van der Waals surface area contributed by atoms with Crippen LogP contribution in [0.2, 0.25) is 0 Å². The van der Waals surface area contributed by atoms with E-state index in [1.807, 2.05) is 39.0 Å². The zero-order valence-electron chi connectivity index (χ0n) is 18.9. The Morgan fingerprint density at radius 1 is 0.750 bits per heavy atom. The molecule has 32 heavy (non-hydrogen) atoms. The predicted octanol–water partition coefficient (Wildman–Crippen LogP) is 8.36. The van der Waals surface area contributed by atoms with Gasteiger partial charge in [-0.3, -0.25) is 4.79 Å². The van der Waals surface area contributed by atoms with Crippen molar-refractivity contribution in [3.05, 3.63) is 106 Å². The van der Waals surface area contributed by atoms with Gasteiger partial charge < -0.3 is 0 Å². The van der Waals surface area contributed by atoms with E-state index >= 15 is 0 Å². The van der Waals surface area contributed by atoms with Gasteiger partial charge in [-0.1, -0.05) is 88.4 Å². The smallest absolute Gasteiger partial charge is 0.289 e. The molecule has 1 nitrogen and oxygen atoms in total. The Morgan fingerprint density at radius 3 is 1.97 bits per heavy atom. The lowest BCUT2D eigenvalue weighted by Gasteiger charge is -2.21. The van der Waals surface area contributed by atoms with Gasteiger partial charge in [0.05, 0.1) is 5.56 Å². The molecule has 0 aliphatic carbocycles. The number of halogens is 3. The third-order valence-electron chi connectivity index (χ3n) is 6.07. The van der Waals surface area contributed by atoms with Gasteiger partial charge in [-0.25, -0.2) is 0 Å². The van der Waals surface area contributed by atoms with Gasteiger partial charge in [0.1, 0.15) is 0 Å². The van der Waals surface area contributed by atoms with Crippen molar-refractivity contribution in [2.45, 2.75) is 58.0 Å². The van der Waals surface area contributed by atoms with Crippen LogP contribution in [0.1, 0.15) is 90.0 Å². The first kappa shape index (κ1) is 23.8. The van der Waals surface area contributed by atoms with Crippen molar-refractivity contribution in [3.63, 3.8) is 0 Å². The van der Waals surface area contributed by atoms with E-state index in [1.165, 1.54) is 17.7 Å². The fourth-order valence-corrected chi connectivity index (χ4v) is 4.24. The van der Waals surface area contributed by atoms with E-state index in [2.05, 4.69) is 19.1 Å². The summed E-state index contributed by atoms with van der Waals surface area (Å²) in [5.74, 6) is -0.307. The summed E-state index contributed by atoms with van der Waals surface area (Å²) in [6.45, 7) is 7.97. The first-order valence-corrected chi connectivity index (χ1v) is 11.0. The molecule has 0 amide bonds.